The molecule has 0 amide bonds. The first-order chi connectivity index (χ1) is 7.74. The van der Waals surface area contributed by atoms with Crippen molar-refractivity contribution in [3.8, 4) is 12.1 Å². The summed E-state index contributed by atoms with van der Waals surface area (Å²) in [4.78, 5) is 0.371. The van der Waals surface area contributed by atoms with Crippen LogP contribution in [0.5, 0.6) is 0 Å². The summed E-state index contributed by atoms with van der Waals surface area (Å²) in [6.07, 6.45) is 0. The maximum atomic E-state index is 8.91. The Balaban J connectivity index is 2.74. The van der Waals surface area contributed by atoms with Crippen LogP contribution in [0.1, 0.15) is 17.4 Å². The molecule has 0 aliphatic carbocycles. The highest BCUT2D eigenvalue weighted by molar-refractivity contribution is 7.17. The van der Waals surface area contributed by atoms with Gasteiger partial charge in [0.15, 0.2) is 0 Å². The second kappa shape index (κ2) is 5.96. The standard InChI is InChI=1S/C10H12N4OS/c1-2-15-4-3-14-10-7(5-11)9(13)8(6-12)16-10/h14H,2-4,13H2,1H3. The number of hydrogen-bond acceptors (Lipinski definition) is 6. The molecule has 0 aliphatic heterocycles. The van der Waals surface area contributed by atoms with Crippen LogP contribution in [0.2, 0.25) is 0 Å². The van der Waals surface area contributed by atoms with E-state index >= 15 is 0 Å². The van der Waals surface area contributed by atoms with E-state index in [0.29, 0.717) is 35.2 Å². The van der Waals surface area contributed by atoms with Crippen molar-refractivity contribution in [2.24, 2.45) is 0 Å². The molecule has 0 fully saturated rings. The van der Waals surface area contributed by atoms with Crippen molar-refractivity contribution in [3.63, 3.8) is 0 Å². The molecule has 0 saturated carbocycles. The van der Waals surface area contributed by atoms with Gasteiger partial charge in [-0.05, 0) is 6.92 Å². The number of ether oxygens (including phenoxy) is 1. The molecule has 0 atom stereocenters. The molecule has 0 aliphatic rings. The van der Waals surface area contributed by atoms with Crippen LogP contribution in [0.3, 0.4) is 0 Å². The summed E-state index contributed by atoms with van der Waals surface area (Å²) < 4.78 is 5.16. The van der Waals surface area contributed by atoms with Crippen molar-refractivity contribution in [1.29, 1.82) is 10.5 Å². The second-order valence-corrected chi connectivity index (χ2v) is 3.92. The summed E-state index contributed by atoms with van der Waals surface area (Å²) in [5.41, 5.74) is 6.25. The summed E-state index contributed by atoms with van der Waals surface area (Å²) in [7, 11) is 0. The lowest BCUT2D eigenvalue weighted by Gasteiger charge is -2.03. The quantitative estimate of drug-likeness (QED) is 0.756. The molecule has 1 aromatic rings. The molecule has 1 rings (SSSR count). The normalized spacial score (nSPS) is 9.44. The van der Waals surface area contributed by atoms with Crippen molar-refractivity contribution in [2.45, 2.75) is 6.92 Å². The Labute approximate surface area is 98.0 Å². The lowest BCUT2D eigenvalue weighted by atomic mass is 10.2. The molecule has 5 nitrogen and oxygen atoms in total. The van der Waals surface area contributed by atoms with E-state index in [2.05, 4.69) is 5.32 Å². The van der Waals surface area contributed by atoms with Gasteiger partial charge in [0.2, 0.25) is 0 Å². The lowest BCUT2D eigenvalue weighted by molar-refractivity contribution is 0.158. The smallest absolute Gasteiger partial charge is 0.131 e. The van der Waals surface area contributed by atoms with Crippen LogP contribution in [0.4, 0.5) is 10.7 Å². The Morgan fingerprint density at radius 2 is 2.19 bits per heavy atom. The van der Waals surface area contributed by atoms with Gasteiger partial charge in [-0.3, -0.25) is 0 Å². The number of nitrogens with two attached hydrogens (primary N) is 1. The summed E-state index contributed by atoms with van der Waals surface area (Å²) in [5, 5.41) is 21.4. The van der Waals surface area contributed by atoms with Crippen LogP contribution in [-0.4, -0.2) is 19.8 Å². The van der Waals surface area contributed by atoms with Crippen molar-refractivity contribution in [2.75, 3.05) is 30.8 Å². The average Bonchev–Trinajstić information content (AvgIpc) is 2.60. The largest absolute Gasteiger partial charge is 0.396 e. The number of thiophene rings is 1. The van der Waals surface area contributed by atoms with E-state index in [0.717, 1.165) is 0 Å². The average molecular weight is 236 g/mol. The fourth-order valence-electron chi connectivity index (χ4n) is 1.14. The Kier molecular flexibility index (Phi) is 4.59. The number of rotatable bonds is 5. The first kappa shape index (κ1) is 12.3. The van der Waals surface area contributed by atoms with Crippen molar-refractivity contribution in [3.05, 3.63) is 10.4 Å². The lowest BCUT2D eigenvalue weighted by Crippen LogP contribution is -2.08. The third kappa shape index (κ3) is 2.63. The van der Waals surface area contributed by atoms with Crippen molar-refractivity contribution >= 4 is 22.0 Å². The monoisotopic (exact) mass is 236 g/mol. The molecule has 0 aromatic carbocycles. The molecule has 0 radical (unpaired) electrons. The third-order valence-electron chi connectivity index (χ3n) is 1.89. The molecule has 0 bridgehead atoms. The zero-order chi connectivity index (χ0) is 12.0. The van der Waals surface area contributed by atoms with Gasteiger partial charge in [0.05, 0.1) is 12.3 Å². The van der Waals surface area contributed by atoms with Crippen LogP contribution in [0, 0.1) is 22.7 Å². The van der Waals surface area contributed by atoms with Gasteiger partial charge in [-0.15, -0.1) is 11.3 Å². The van der Waals surface area contributed by atoms with Gasteiger partial charge in [-0.25, -0.2) is 0 Å². The number of nitrogens with zero attached hydrogens (tertiary/aromatic N) is 2. The molecule has 16 heavy (non-hydrogen) atoms. The minimum Gasteiger partial charge on any atom is -0.396 e. The molecular formula is C10H12N4OS. The molecule has 1 aromatic heterocycles. The van der Waals surface area contributed by atoms with Gasteiger partial charge < -0.3 is 15.8 Å². The zero-order valence-corrected chi connectivity index (χ0v) is 9.73. The highest BCUT2D eigenvalue weighted by Crippen LogP contribution is 2.34. The number of anilines is 2. The van der Waals surface area contributed by atoms with Crippen LogP contribution in [0.25, 0.3) is 0 Å². The predicted octanol–water partition coefficient (Wildman–Crippen LogP) is 1.52. The topological polar surface area (TPSA) is 94.9 Å². The zero-order valence-electron chi connectivity index (χ0n) is 8.91. The van der Waals surface area contributed by atoms with Crippen LogP contribution in [-0.2, 0) is 4.74 Å². The first-order valence-electron chi connectivity index (χ1n) is 4.78. The molecule has 1 heterocycles. The fraction of sp³-hybridized carbons (Fsp3) is 0.400. The number of hydrogen-bond donors (Lipinski definition) is 2. The molecule has 0 saturated heterocycles. The summed E-state index contributed by atoms with van der Waals surface area (Å²) in [6, 6.07) is 3.95. The molecule has 0 spiro atoms. The first-order valence-corrected chi connectivity index (χ1v) is 5.60. The molecule has 3 N–H and O–H groups in total. The summed E-state index contributed by atoms with van der Waals surface area (Å²) >= 11 is 1.19. The van der Waals surface area contributed by atoms with Crippen LogP contribution >= 0.6 is 11.3 Å². The minimum atomic E-state index is 0.258. The summed E-state index contributed by atoms with van der Waals surface area (Å²) in [5.74, 6) is 0. The second-order valence-electron chi connectivity index (χ2n) is 2.90. The molecule has 6 heteroatoms. The number of nitriles is 2. The third-order valence-corrected chi connectivity index (χ3v) is 2.96. The summed E-state index contributed by atoms with van der Waals surface area (Å²) in [6.45, 7) is 3.72. The van der Waals surface area contributed by atoms with E-state index in [1.54, 1.807) is 0 Å². The van der Waals surface area contributed by atoms with E-state index in [4.69, 9.17) is 21.0 Å². The van der Waals surface area contributed by atoms with Crippen LogP contribution < -0.4 is 11.1 Å². The highest BCUT2D eigenvalue weighted by Gasteiger charge is 2.14. The maximum Gasteiger partial charge on any atom is 0.131 e. The van der Waals surface area contributed by atoms with Crippen molar-refractivity contribution in [1.82, 2.24) is 0 Å². The van der Waals surface area contributed by atoms with E-state index in [1.165, 1.54) is 11.3 Å². The van der Waals surface area contributed by atoms with Gasteiger partial charge in [0.25, 0.3) is 0 Å². The number of nitrogen functional groups attached to an aromatic ring is 1. The van der Waals surface area contributed by atoms with Gasteiger partial charge >= 0.3 is 0 Å². The van der Waals surface area contributed by atoms with E-state index in [9.17, 15) is 0 Å². The molecule has 84 valence electrons. The minimum absolute atomic E-state index is 0.258. The van der Waals surface area contributed by atoms with Gasteiger partial charge in [-0.2, -0.15) is 10.5 Å². The fourth-order valence-corrected chi connectivity index (χ4v) is 2.04. The maximum absolute atomic E-state index is 8.91. The van der Waals surface area contributed by atoms with Gasteiger partial charge in [0, 0.05) is 13.2 Å². The Hall–Kier alpha value is -1.76. The molecule has 0 unspecified atom stereocenters. The number of nitrogens with one attached hydrogen (secondary N) is 1. The highest BCUT2D eigenvalue weighted by atomic mass is 32.1. The van der Waals surface area contributed by atoms with Crippen molar-refractivity contribution < 1.29 is 4.74 Å². The van der Waals surface area contributed by atoms with E-state index < -0.39 is 0 Å². The van der Waals surface area contributed by atoms with Gasteiger partial charge in [-0.1, -0.05) is 0 Å². The SMILES string of the molecule is CCOCCNc1sc(C#N)c(N)c1C#N. The van der Waals surface area contributed by atoms with Crippen LogP contribution in [0.15, 0.2) is 0 Å². The Morgan fingerprint density at radius 1 is 1.44 bits per heavy atom. The van der Waals surface area contributed by atoms with E-state index in [1.807, 2.05) is 19.1 Å². The van der Waals surface area contributed by atoms with E-state index in [-0.39, 0.29) is 5.69 Å². The Bertz CT molecular complexity index is 441. The van der Waals surface area contributed by atoms with Gasteiger partial charge in [0.1, 0.15) is 27.6 Å². The molecular weight excluding hydrogens is 224 g/mol. The predicted molar refractivity (Wildman–Crippen MR) is 63.1 cm³/mol. The Morgan fingerprint density at radius 3 is 2.75 bits per heavy atom.